The van der Waals surface area contributed by atoms with E-state index in [0.29, 0.717) is 22.3 Å². The average molecular weight is 283 g/mol. The molecule has 1 saturated heterocycles. The largest absolute Gasteiger partial charge is 0.508 e. The molecule has 1 fully saturated rings. The summed E-state index contributed by atoms with van der Waals surface area (Å²) < 4.78 is 0. The van der Waals surface area contributed by atoms with E-state index in [4.69, 9.17) is 0 Å². The van der Waals surface area contributed by atoms with Gasteiger partial charge in [0.2, 0.25) is 0 Å². The van der Waals surface area contributed by atoms with Crippen LogP contribution in [-0.2, 0) is 6.42 Å². The first-order chi connectivity index (χ1) is 8.70. The van der Waals surface area contributed by atoms with Crippen LogP contribution in [0.4, 0.5) is 0 Å². The summed E-state index contributed by atoms with van der Waals surface area (Å²) in [5.74, 6) is 2.88. The fourth-order valence-electron chi connectivity index (χ4n) is 2.41. The van der Waals surface area contributed by atoms with Gasteiger partial charge < -0.3 is 10.4 Å². The molecule has 0 spiro atoms. The molecule has 100 valence electrons. The van der Waals surface area contributed by atoms with E-state index in [1.54, 1.807) is 6.07 Å². The highest BCUT2D eigenvalue weighted by atomic mass is 32.2. The molecule has 3 atom stereocenters. The number of likely N-dealkylation sites (N-methyl/N-ethyl adjacent to an activating group) is 1. The van der Waals surface area contributed by atoms with Crippen LogP contribution < -0.4 is 5.32 Å². The maximum atomic E-state index is 9.53. The van der Waals surface area contributed by atoms with Crippen molar-refractivity contribution in [2.24, 2.45) is 0 Å². The third-order valence-corrected chi connectivity index (χ3v) is 6.62. The van der Waals surface area contributed by atoms with Gasteiger partial charge in [0, 0.05) is 28.0 Å². The Morgan fingerprint density at radius 3 is 2.83 bits per heavy atom. The molecular weight excluding hydrogens is 262 g/mol. The van der Waals surface area contributed by atoms with Crippen molar-refractivity contribution < 1.29 is 5.11 Å². The summed E-state index contributed by atoms with van der Waals surface area (Å²) in [6.45, 7) is 2.33. The first kappa shape index (κ1) is 14.1. The van der Waals surface area contributed by atoms with Gasteiger partial charge in [-0.25, -0.2) is 0 Å². The van der Waals surface area contributed by atoms with Gasteiger partial charge in [-0.15, -0.1) is 0 Å². The third-order valence-electron chi connectivity index (χ3n) is 3.37. The Labute approximate surface area is 118 Å². The molecular formula is C14H21NOS2. The molecule has 2 nitrogen and oxygen atoms in total. The Hall–Kier alpha value is -0.320. The minimum absolute atomic E-state index is 0.362. The molecule has 2 rings (SSSR count). The van der Waals surface area contributed by atoms with E-state index >= 15 is 0 Å². The van der Waals surface area contributed by atoms with Crippen LogP contribution in [0.3, 0.4) is 0 Å². The zero-order valence-electron chi connectivity index (χ0n) is 10.9. The van der Waals surface area contributed by atoms with E-state index in [0.717, 1.165) is 6.42 Å². The lowest BCUT2D eigenvalue weighted by Gasteiger charge is -2.34. The maximum absolute atomic E-state index is 9.53. The van der Waals surface area contributed by atoms with Gasteiger partial charge >= 0.3 is 0 Å². The predicted molar refractivity (Wildman–Crippen MR) is 82.8 cm³/mol. The predicted octanol–water partition coefficient (Wildman–Crippen LogP) is 2.76. The molecule has 3 unspecified atom stereocenters. The highest BCUT2D eigenvalue weighted by molar-refractivity contribution is 8.07. The summed E-state index contributed by atoms with van der Waals surface area (Å²) in [5, 5.41) is 14.3. The second kappa shape index (κ2) is 6.73. The van der Waals surface area contributed by atoms with Crippen LogP contribution in [-0.4, -0.2) is 40.2 Å². The molecule has 1 aliphatic rings. The number of benzene rings is 1. The lowest BCUT2D eigenvalue weighted by atomic mass is 10.0. The minimum Gasteiger partial charge on any atom is -0.508 e. The van der Waals surface area contributed by atoms with Gasteiger partial charge in [-0.05, 0) is 31.2 Å². The molecule has 1 aliphatic heterocycles. The van der Waals surface area contributed by atoms with Crippen molar-refractivity contribution in [1.29, 1.82) is 0 Å². The highest BCUT2D eigenvalue weighted by Crippen LogP contribution is 2.34. The molecule has 4 heteroatoms. The van der Waals surface area contributed by atoms with Gasteiger partial charge in [-0.2, -0.15) is 23.5 Å². The Morgan fingerprint density at radius 2 is 2.17 bits per heavy atom. The van der Waals surface area contributed by atoms with Crippen LogP contribution in [0, 0.1) is 0 Å². The lowest BCUT2D eigenvalue weighted by molar-refractivity contribution is 0.473. The molecule has 0 amide bonds. The molecule has 18 heavy (non-hydrogen) atoms. The van der Waals surface area contributed by atoms with Crippen LogP contribution >= 0.6 is 23.5 Å². The molecule has 0 aromatic heterocycles. The highest BCUT2D eigenvalue weighted by Gasteiger charge is 2.29. The van der Waals surface area contributed by atoms with Gasteiger partial charge in [0.1, 0.15) is 5.75 Å². The Morgan fingerprint density at radius 1 is 1.39 bits per heavy atom. The number of thioether (sulfide) groups is 2. The second-order valence-electron chi connectivity index (χ2n) is 4.68. The zero-order valence-corrected chi connectivity index (χ0v) is 12.6. The monoisotopic (exact) mass is 283 g/mol. The van der Waals surface area contributed by atoms with Crippen molar-refractivity contribution in [3.63, 3.8) is 0 Å². The Kier molecular flexibility index (Phi) is 5.27. The normalized spacial score (nSPS) is 25.9. The first-order valence-electron chi connectivity index (χ1n) is 6.39. The Balaban J connectivity index is 2.04. The van der Waals surface area contributed by atoms with Gasteiger partial charge in [0.05, 0.1) is 0 Å². The molecule has 1 aromatic rings. The van der Waals surface area contributed by atoms with Gasteiger partial charge in [0.15, 0.2) is 0 Å². The number of phenols is 1. The van der Waals surface area contributed by atoms with E-state index in [1.165, 1.54) is 17.1 Å². The van der Waals surface area contributed by atoms with Crippen molar-refractivity contribution in [2.75, 3.05) is 18.6 Å². The summed E-state index contributed by atoms with van der Waals surface area (Å²) >= 11 is 4.15. The van der Waals surface area contributed by atoms with Crippen molar-refractivity contribution >= 4 is 23.5 Å². The smallest absolute Gasteiger partial charge is 0.115 e. The minimum atomic E-state index is 0.362. The number of hydrogen-bond acceptors (Lipinski definition) is 4. The third kappa shape index (κ3) is 3.59. The molecule has 0 aliphatic carbocycles. The van der Waals surface area contributed by atoms with Crippen molar-refractivity contribution in [2.45, 2.75) is 29.9 Å². The number of hydrogen-bond donors (Lipinski definition) is 2. The summed E-state index contributed by atoms with van der Waals surface area (Å²) in [6.07, 6.45) is 0.980. The first-order valence-corrected chi connectivity index (χ1v) is 8.49. The zero-order chi connectivity index (χ0) is 13.0. The summed E-state index contributed by atoms with van der Waals surface area (Å²) in [7, 11) is 2.04. The quantitative estimate of drug-likeness (QED) is 0.890. The second-order valence-corrected chi connectivity index (χ2v) is 7.45. The summed E-state index contributed by atoms with van der Waals surface area (Å²) in [6, 6.07) is 8.08. The fraction of sp³-hybridized carbons (Fsp3) is 0.571. The number of nitrogens with one attached hydrogen (secondary N) is 1. The number of phenolic OH excluding ortho intramolecular Hbond substituents is 1. The number of rotatable bonds is 4. The maximum Gasteiger partial charge on any atom is 0.115 e. The van der Waals surface area contributed by atoms with Crippen LogP contribution in [0.25, 0.3) is 0 Å². The fourth-order valence-corrected chi connectivity index (χ4v) is 5.41. The van der Waals surface area contributed by atoms with E-state index in [2.05, 4.69) is 41.8 Å². The summed E-state index contributed by atoms with van der Waals surface area (Å²) in [5.41, 5.74) is 1.21. The Bertz CT molecular complexity index is 386. The SMILES string of the molecule is CNC(Cc1cccc(O)c1)C1SCCSC1C. The van der Waals surface area contributed by atoms with E-state index in [1.807, 2.05) is 19.2 Å². The van der Waals surface area contributed by atoms with Gasteiger partial charge in [-0.1, -0.05) is 19.1 Å². The van der Waals surface area contributed by atoms with Crippen molar-refractivity contribution in [3.8, 4) is 5.75 Å². The molecule has 2 N–H and O–H groups in total. The van der Waals surface area contributed by atoms with E-state index in [-0.39, 0.29) is 0 Å². The van der Waals surface area contributed by atoms with Crippen LogP contribution in [0.2, 0.25) is 0 Å². The van der Waals surface area contributed by atoms with E-state index < -0.39 is 0 Å². The molecule has 1 aromatic carbocycles. The lowest BCUT2D eigenvalue weighted by Crippen LogP contribution is -2.44. The average Bonchev–Trinajstić information content (AvgIpc) is 2.37. The van der Waals surface area contributed by atoms with Gasteiger partial charge in [-0.3, -0.25) is 0 Å². The number of aromatic hydroxyl groups is 1. The molecule has 1 heterocycles. The van der Waals surface area contributed by atoms with Crippen molar-refractivity contribution in [1.82, 2.24) is 5.32 Å². The van der Waals surface area contributed by atoms with Crippen molar-refractivity contribution in [3.05, 3.63) is 29.8 Å². The van der Waals surface area contributed by atoms with Crippen LogP contribution in [0.1, 0.15) is 12.5 Å². The topological polar surface area (TPSA) is 32.3 Å². The van der Waals surface area contributed by atoms with Gasteiger partial charge in [0.25, 0.3) is 0 Å². The standard InChI is InChI=1S/C14H21NOS2/c1-10-14(18-7-6-17-10)13(15-2)9-11-4-3-5-12(16)8-11/h3-5,8,10,13-16H,6-7,9H2,1-2H3. The van der Waals surface area contributed by atoms with Crippen LogP contribution in [0.5, 0.6) is 5.75 Å². The molecule has 0 saturated carbocycles. The van der Waals surface area contributed by atoms with Crippen LogP contribution in [0.15, 0.2) is 24.3 Å². The molecule has 0 bridgehead atoms. The summed E-state index contributed by atoms with van der Waals surface area (Å²) in [4.78, 5) is 0. The molecule has 0 radical (unpaired) electrons. The van der Waals surface area contributed by atoms with E-state index in [9.17, 15) is 5.11 Å².